The fraction of sp³-hybridized carbons (Fsp3) is 0.0800. The lowest BCUT2D eigenvalue weighted by molar-refractivity contribution is 0.306. The number of furan rings is 1. The van der Waals surface area contributed by atoms with Crippen LogP contribution in [-0.4, -0.2) is 19.8 Å². The van der Waals surface area contributed by atoms with Crippen molar-refractivity contribution in [2.75, 3.05) is 0 Å². The quantitative estimate of drug-likeness (QED) is 0.323. The number of aromatic nitrogens is 4. The molecule has 0 radical (unpaired) electrons. The van der Waals surface area contributed by atoms with Crippen LogP contribution >= 0.6 is 11.3 Å². The molecule has 0 saturated carbocycles. The molecular formula is C25H18N4O2S. The first-order valence-electron chi connectivity index (χ1n) is 10.2. The van der Waals surface area contributed by atoms with Crippen molar-refractivity contribution in [1.29, 1.82) is 0 Å². The molecule has 0 saturated heterocycles. The minimum atomic E-state index is 0.519. The van der Waals surface area contributed by atoms with Crippen molar-refractivity contribution in [2.45, 2.75) is 13.5 Å². The first-order valence-corrected chi connectivity index (χ1v) is 11.1. The molecule has 7 heteroatoms. The van der Waals surface area contributed by atoms with E-state index in [2.05, 4.69) is 10.2 Å². The molecule has 0 amide bonds. The van der Waals surface area contributed by atoms with Gasteiger partial charge in [0.1, 0.15) is 22.9 Å². The number of para-hydroxylation sites is 1. The average Bonchev–Trinajstić information content (AvgIpc) is 3.52. The molecule has 0 fully saturated rings. The van der Waals surface area contributed by atoms with Crippen molar-refractivity contribution < 1.29 is 9.15 Å². The Labute approximate surface area is 187 Å². The highest BCUT2D eigenvalue weighted by Crippen LogP contribution is 2.34. The molecular weight excluding hydrogens is 420 g/mol. The fourth-order valence-electron chi connectivity index (χ4n) is 3.72. The van der Waals surface area contributed by atoms with Crippen LogP contribution < -0.4 is 4.74 Å². The molecule has 0 spiro atoms. The summed E-state index contributed by atoms with van der Waals surface area (Å²) in [6.07, 6.45) is 0. The third-order valence-corrected chi connectivity index (χ3v) is 6.31. The van der Waals surface area contributed by atoms with Gasteiger partial charge in [-0.05, 0) is 30.7 Å². The van der Waals surface area contributed by atoms with Crippen molar-refractivity contribution >= 4 is 27.3 Å². The molecule has 6 nitrogen and oxygen atoms in total. The van der Waals surface area contributed by atoms with Crippen LogP contribution in [0.3, 0.4) is 0 Å². The number of fused-ring (bicyclic) bond motifs is 2. The van der Waals surface area contributed by atoms with Crippen molar-refractivity contribution in [1.82, 2.24) is 19.8 Å². The Morgan fingerprint density at radius 1 is 0.938 bits per heavy atom. The molecule has 3 aromatic carbocycles. The van der Waals surface area contributed by atoms with Crippen LogP contribution in [0.2, 0.25) is 0 Å². The van der Waals surface area contributed by atoms with E-state index in [1.54, 1.807) is 4.52 Å². The first kappa shape index (κ1) is 18.8. The van der Waals surface area contributed by atoms with Gasteiger partial charge < -0.3 is 9.15 Å². The van der Waals surface area contributed by atoms with Gasteiger partial charge in [-0.1, -0.05) is 72.0 Å². The summed E-state index contributed by atoms with van der Waals surface area (Å²) < 4.78 is 13.8. The highest BCUT2D eigenvalue weighted by atomic mass is 32.1. The van der Waals surface area contributed by atoms with Gasteiger partial charge in [0.2, 0.25) is 10.8 Å². The Bertz CT molecular complexity index is 1550. The Kier molecular flexibility index (Phi) is 4.47. The van der Waals surface area contributed by atoms with Gasteiger partial charge in [-0.15, -0.1) is 10.2 Å². The Hall–Kier alpha value is -3.97. The summed E-state index contributed by atoms with van der Waals surface area (Å²) in [4.78, 5) is 0.713. The second kappa shape index (κ2) is 7.62. The van der Waals surface area contributed by atoms with Crippen LogP contribution in [0.5, 0.6) is 5.75 Å². The van der Waals surface area contributed by atoms with E-state index in [1.807, 2.05) is 85.8 Å². The molecule has 156 valence electrons. The molecule has 0 aliphatic rings. The predicted molar refractivity (Wildman–Crippen MR) is 125 cm³/mol. The zero-order chi connectivity index (χ0) is 21.5. The molecule has 0 N–H and O–H groups in total. The van der Waals surface area contributed by atoms with Crippen LogP contribution in [0.15, 0.2) is 83.3 Å². The van der Waals surface area contributed by atoms with Crippen LogP contribution in [0.25, 0.3) is 38.1 Å². The number of aryl methyl sites for hydroxylation is 1. The number of nitrogens with zero attached hydrogens (tertiary/aromatic N) is 4. The predicted octanol–water partition coefficient (Wildman–Crippen LogP) is 6.15. The summed E-state index contributed by atoms with van der Waals surface area (Å²) in [5.41, 5.74) is 3.96. The number of benzene rings is 3. The van der Waals surface area contributed by atoms with Crippen LogP contribution in [0, 0.1) is 6.92 Å². The topological polar surface area (TPSA) is 65.5 Å². The second-order valence-corrected chi connectivity index (χ2v) is 8.44. The highest BCUT2D eigenvalue weighted by Gasteiger charge is 2.20. The number of rotatable bonds is 5. The van der Waals surface area contributed by atoms with E-state index in [0.717, 1.165) is 38.4 Å². The highest BCUT2D eigenvalue weighted by molar-refractivity contribution is 7.19. The van der Waals surface area contributed by atoms with Crippen LogP contribution in [0.4, 0.5) is 0 Å². The third kappa shape index (κ3) is 3.23. The molecule has 6 aromatic rings. The minimum absolute atomic E-state index is 0.519. The van der Waals surface area contributed by atoms with Gasteiger partial charge in [0, 0.05) is 16.5 Å². The van der Waals surface area contributed by atoms with E-state index in [1.165, 1.54) is 11.3 Å². The van der Waals surface area contributed by atoms with Crippen molar-refractivity contribution in [2.24, 2.45) is 0 Å². The monoisotopic (exact) mass is 438 g/mol. The molecule has 0 atom stereocenters. The maximum absolute atomic E-state index is 6.08. The van der Waals surface area contributed by atoms with Gasteiger partial charge in [0.15, 0.2) is 5.76 Å². The van der Waals surface area contributed by atoms with Gasteiger partial charge in [0.25, 0.3) is 0 Å². The molecule has 0 aliphatic heterocycles. The van der Waals surface area contributed by atoms with Crippen molar-refractivity contribution in [3.63, 3.8) is 0 Å². The largest absolute Gasteiger partial charge is 0.489 e. The zero-order valence-corrected chi connectivity index (χ0v) is 18.0. The SMILES string of the molecule is Cc1c(-c2nnc3sc(-c4cccc(OCc5ccccc5)c4)nn23)oc2ccccc12. The van der Waals surface area contributed by atoms with E-state index < -0.39 is 0 Å². The molecule has 3 heterocycles. The van der Waals surface area contributed by atoms with Gasteiger partial charge in [0.05, 0.1) is 0 Å². The van der Waals surface area contributed by atoms with Crippen LogP contribution in [0.1, 0.15) is 11.1 Å². The van der Waals surface area contributed by atoms with E-state index in [0.29, 0.717) is 23.2 Å². The van der Waals surface area contributed by atoms with Gasteiger partial charge in [-0.3, -0.25) is 0 Å². The molecule has 0 bridgehead atoms. The molecule has 6 rings (SSSR count). The summed E-state index contributed by atoms with van der Waals surface area (Å²) >= 11 is 1.48. The fourth-order valence-corrected chi connectivity index (χ4v) is 4.56. The third-order valence-electron chi connectivity index (χ3n) is 5.37. The van der Waals surface area contributed by atoms with Gasteiger partial charge in [-0.25, -0.2) is 0 Å². The lowest BCUT2D eigenvalue weighted by Gasteiger charge is -2.07. The molecule has 3 aromatic heterocycles. The van der Waals surface area contributed by atoms with Crippen LogP contribution in [-0.2, 0) is 6.61 Å². The maximum atomic E-state index is 6.08. The Morgan fingerprint density at radius 3 is 2.66 bits per heavy atom. The first-order chi connectivity index (χ1) is 15.8. The maximum Gasteiger partial charge on any atom is 0.235 e. The lowest BCUT2D eigenvalue weighted by atomic mass is 10.1. The van der Waals surface area contributed by atoms with Gasteiger partial charge in [-0.2, -0.15) is 9.61 Å². The summed E-state index contributed by atoms with van der Waals surface area (Å²) in [6, 6.07) is 26.0. The standard InChI is InChI=1S/C25H18N4O2S/c1-16-20-12-5-6-13-21(20)31-22(16)23-26-27-25-29(23)28-24(32-25)18-10-7-11-19(14-18)30-15-17-8-3-2-4-9-17/h2-14H,15H2,1H3. The average molecular weight is 439 g/mol. The normalized spacial score (nSPS) is 11.4. The zero-order valence-electron chi connectivity index (χ0n) is 17.2. The Morgan fingerprint density at radius 2 is 1.78 bits per heavy atom. The molecule has 0 unspecified atom stereocenters. The molecule has 0 aliphatic carbocycles. The lowest BCUT2D eigenvalue weighted by Crippen LogP contribution is -1.95. The molecule has 32 heavy (non-hydrogen) atoms. The Balaban J connectivity index is 1.34. The summed E-state index contributed by atoms with van der Waals surface area (Å²) in [6.45, 7) is 2.55. The summed E-state index contributed by atoms with van der Waals surface area (Å²) in [5.74, 6) is 2.09. The van der Waals surface area contributed by atoms with E-state index in [-0.39, 0.29) is 0 Å². The van der Waals surface area contributed by atoms with E-state index >= 15 is 0 Å². The van der Waals surface area contributed by atoms with Crippen molar-refractivity contribution in [3.8, 4) is 27.9 Å². The van der Waals surface area contributed by atoms with Crippen molar-refractivity contribution in [3.05, 3.63) is 90.0 Å². The van der Waals surface area contributed by atoms with E-state index in [4.69, 9.17) is 14.3 Å². The summed E-state index contributed by atoms with van der Waals surface area (Å²) in [5, 5.41) is 15.4. The van der Waals surface area contributed by atoms with Gasteiger partial charge >= 0.3 is 0 Å². The van der Waals surface area contributed by atoms with E-state index in [9.17, 15) is 0 Å². The minimum Gasteiger partial charge on any atom is -0.489 e. The smallest absolute Gasteiger partial charge is 0.235 e. The number of hydrogen-bond donors (Lipinski definition) is 0. The number of ether oxygens (including phenoxy) is 1. The summed E-state index contributed by atoms with van der Waals surface area (Å²) in [7, 11) is 0. The second-order valence-electron chi connectivity index (χ2n) is 7.48. The number of hydrogen-bond acceptors (Lipinski definition) is 6.